The second kappa shape index (κ2) is 7.58. The number of carbonyl (C=O) groups is 1. The molecule has 1 aliphatic heterocycles. The van der Waals surface area contributed by atoms with Gasteiger partial charge < -0.3 is 16.0 Å². The number of carbonyl (C=O) groups excluding carboxylic acids is 1. The van der Waals surface area contributed by atoms with Crippen LogP contribution in [0.3, 0.4) is 0 Å². The van der Waals surface area contributed by atoms with Gasteiger partial charge in [-0.3, -0.25) is 4.79 Å². The van der Waals surface area contributed by atoms with Crippen molar-refractivity contribution in [2.45, 2.75) is 18.6 Å². The van der Waals surface area contributed by atoms with Crippen LogP contribution in [0.4, 0.5) is 11.4 Å². The van der Waals surface area contributed by atoms with Gasteiger partial charge in [-0.25, -0.2) is 0 Å². The molecule has 0 bridgehead atoms. The molecule has 3 N–H and O–H groups in total. The largest absolute Gasteiger partial charge is 0.399 e. The average Bonchev–Trinajstić information content (AvgIpc) is 2.40. The number of amides is 1. The van der Waals surface area contributed by atoms with Gasteiger partial charge in [0.1, 0.15) is 0 Å². The lowest BCUT2D eigenvalue weighted by Crippen LogP contribution is -2.38. The van der Waals surface area contributed by atoms with Crippen LogP contribution >= 0.6 is 35.0 Å². The number of hydrogen-bond acceptors (Lipinski definition) is 4. The molecule has 1 aromatic carbocycles. The number of nitrogens with two attached hydrogens (primary N) is 1. The van der Waals surface area contributed by atoms with E-state index in [1.54, 1.807) is 12.1 Å². The number of nitrogens with zero attached hydrogens (tertiary/aromatic N) is 1. The molecular formula is C14H19Cl2N3OS. The molecule has 1 unspecified atom stereocenters. The lowest BCUT2D eigenvalue weighted by molar-refractivity contribution is -0.116. The Morgan fingerprint density at radius 2 is 2.14 bits per heavy atom. The summed E-state index contributed by atoms with van der Waals surface area (Å²) in [7, 11) is 0. The Labute approximate surface area is 139 Å². The molecule has 1 fully saturated rings. The van der Waals surface area contributed by atoms with E-state index in [2.05, 4.69) is 17.1 Å². The Hall–Kier alpha value is -0.620. The standard InChI is InChI=1S/C14H19Cl2N3OS/c1-9-8-19(4-5-21-9)3-2-13(20)18-14-11(15)6-10(17)7-12(14)16/h6-7,9H,2-5,8,17H2,1H3,(H,18,20). The Balaban J connectivity index is 1.87. The minimum Gasteiger partial charge on any atom is -0.399 e. The van der Waals surface area contributed by atoms with E-state index in [0.29, 0.717) is 33.1 Å². The van der Waals surface area contributed by atoms with Crippen LogP contribution in [0, 0.1) is 0 Å². The van der Waals surface area contributed by atoms with Crippen LogP contribution in [0.1, 0.15) is 13.3 Å². The third-order valence-electron chi connectivity index (χ3n) is 3.31. The zero-order valence-corrected chi connectivity index (χ0v) is 14.2. The van der Waals surface area contributed by atoms with E-state index in [4.69, 9.17) is 28.9 Å². The lowest BCUT2D eigenvalue weighted by Gasteiger charge is -2.30. The minimum absolute atomic E-state index is 0.0885. The molecule has 7 heteroatoms. The fraction of sp³-hybridized carbons (Fsp3) is 0.500. The first-order valence-corrected chi connectivity index (χ1v) is 8.64. The van der Waals surface area contributed by atoms with Crippen molar-refractivity contribution in [3.05, 3.63) is 22.2 Å². The molecule has 1 heterocycles. The summed E-state index contributed by atoms with van der Waals surface area (Å²) in [5.74, 6) is 1.03. The molecule has 1 aromatic rings. The molecule has 21 heavy (non-hydrogen) atoms. The van der Waals surface area contributed by atoms with E-state index in [1.165, 1.54) is 0 Å². The van der Waals surface area contributed by atoms with E-state index < -0.39 is 0 Å². The molecule has 1 atom stereocenters. The van der Waals surface area contributed by atoms with Gasteiger partial charge in [0.05, 0.1) is 15.7 Å². The fourth-order valence-electron chi connectivity index (χ4n) is 2.27. The van der Waals surface area contributed by atoms with Gasteiger partial charge in [0.15, 0.2) is 0 Å². The molecule has 0 saturated carbocycles. The lowest BCUT2D eigenvalue weighted by atomic mass is 10.2. The number of benzene rings is 1. The van der Waals surface area contributed by atoms with Crippen molar-refractivity contribution in [1.82, 2.24) is 4.90 Å². The molecular weight excluding hydrogens is 329 g/mol. The predicted molar refractivity (Wildman–Crippen MR) is 92.5 cm³/mol. The summed E-state index contributed by atoms with van der Waals surface area (Å²) >= 11 is 14.1. The summed E-state index contributed by atoms with van der Waals surface area (Å²) in [5, 5.41) is 4.11. The molecule has 0 aromatic heterocycles. The second-order valence-electron chi connectivity index (χ2n) is 5.14. The van der Waals surface area contributed by atoms with Crippen LogP contribution in [0.5, 0.6) is 0 Å². The molecule has 0 aliphatic carbocycles. The van der Waals surface area contributed by atoms with Crippen molar-refractivity contribution in [2.24, 2.45) is 0 Å². The van der Waals surface area contributed by atoms with Crippen molar-refractivity contribution in [3.63, 3.8) is 0 Å². The number of nitrogens with one attached hydrogen (secondary N) is 1. The van der Waals surface area contributed by atoms with Gasteiger partial charge in [-0.05, 0) is 12.1 Å². The maximum Gasteiger partial charge on any atom is 0.225 e. The molecule has 116 valence electrons. The molecule has 1 amide bonds. The molecule has 2 rings (SSSR count). The monoisotopic (exact) mass is 347 g/mol. The van der Waals surface area contributed by atoms with Gasteiger partial charge in [0.2, 0.25) is 5.91 Å². The van der Waals surface area contributed by atoms with E-state index in [0.717, 1.165) is 25.4 Å². The van der Waals surface area contributed by atoms with Crippen molar-refractivity contribution >= 4 is 52.2 Å². The second-order valence-corrected chi connectivity index (χ2v) is 7.50. The van der Waals surface area contributed by atoms with E-state index in [9.17, 15) is 4.79 Å². The third-order valence-corrected chi connectivity index (χ3v) is 5.04. The quantitative estimate of drug-likeness (QED) is 0.820. The number of thioether (sulfide) groups is 1. The number of rotatable bonds is 4. The van der Waals surface area contributed by atoms with Gasteiger partial charge in [-0.15, -0.1) is 0 Å². The smallest absolute Gasteiger partial charge is 0.225 e. The third kappa shape index (κ3) is 4.95. The van der Waals surface area contributed by atoms with E-state index in [-0.39, 0.29) is 5.91 Å². The molecule has 4 nitrogen and oxygen atoms in total. The van der Waals surface area contributed by atoms with Crippen molar-refractivity contribution in [2.75, 3.05) is 36.4 Å². The maximum atomic E-state index is 12.0. The van der Waals surface area contributed by atoms with Gasteiger partial charge in [-0.2, -0.15) is 11.8 Å². The topological polar surface area (TPSA) is 58.4 Å². The summed E-state index contributed by atoms with van der Waals surface area (Å²) in [4.78, 5) is 14.3. The Kier molecular flexibility index (Phi) is 6.05. The number of hydrogen-bond donors (Lipinski definition) is 2. The zero-order chi connectivity index (χ0) is 15.4. The van der Waals surface area contributed by atoms with Crippen LogP contribution in [0.25, 0.3) is 0 Å². The maximum absolute atomic E-state index is 12.0. The van der Waals surface area contributed by atoms with Crippen LogP contribution in [-0.4, -0.2) is 41.4 Å². The van der Waals surface area contributed by atoms with Gasteiger partial charge in [0.25, 0.3) is 0 Å². The normalized spacial score (nSPS) is 19.5. The van der Waals surface area contributed by atoms with E-state index in [1.807, 2.05) is 11.8 Å². The van der Waals surface area contributed by atoms with Crippen LogP contribution in [-0.2, 0) is 4.79 Å². The summed E-state index contributed by atoms with van der Waals surface area (Å²) < 4.78 is 0. The van der Waals surface area contributed by atoms with Crippen molar-refractivity contribution in [3.8, 4) is 0 Å². The van der Waals surface area contributed by atoms with Gasteiger partial charge in [0, 0.05) is 42.7 Å². The Bertz CT molecular complexity index is 504. The number of anilines is 2. The van der Waals surface area contributed by atoms with Crippen LogP contribution in [0.15, 0.2) is 12.1 Å². The highest BCUT2D eigenvalue weighted by Crippen LogP contribution is 2.32. The SMILES string of the molecule is CC1CN(CCC(=O)Nc2c(Cl)cc(N)cc2Cl)CCS1. The predicted octanol–water partition coefficient (Wildman–Crippen LogP) is 3.34. The highest BCUT2D eigenvalue weighted by molar-refractivity contribution is 7.99. The fourth-order valence-corrected chi connectivity index (χ4v) is 3.95. The van der Waals surface area contributed by atoms with Crippen molar-refractivity contribution in [1.29, 1.82) is 0 Å². The van der Waals surface area contributed by atoms with Gasteiger partial charge in [-0.1, -0.05) is 30.1 Å². The summed E-state index contributed by atoms with van der Waals surface area (Å²) in [6.45, 7) is 5.03. The van der Waals surface area contributed by atoms with Crippen LogP contribution < -0.4 is 11.1 Å². The highest BCUT2D eigenvalue weighted by atomic mass is 35.5. The zero-order valence-electron chi connectivity index (χ0n) is 11.9. The molecule has 1 aliphatic rings. The number of nitrogen functional groups attached to an aromatic ring is 1. The summed E-state index contributed by atoms with van der Waals surface area (Å²) in [6, 6.07) is 3.15. The van der Waals surface area contributed by atoms with Crippen LogP contribution in [0.2, 0.25) is 10.0 Å². The first-order chi connectivity index (χ1) is 9.95. The molecule has 0 spiro atoms. The highest BCUT2D eigenvalue weighted by Gasteiger charge is 2.18. The summed E-state index contributed by atoms with van der Waals surface area (Å²) in [6.07, 6.45) is 0.425. The number of halogens is 2. The molecule has 0 radical (unpaired) electrons. The first-order valence-electron chi connectivity index (χ1n) is 6.84. The first kappa shape index (κ1) is 16.7. The average molecular weight is 348 g/mol. The van der Waals surface area contributed by atoms with Gasteiger partial charge >= 0.3 is 0 Å². The van der Waals surface area contributed by atoms with Crippen molar-refractivity contribution < 1.29 is 4.79 Å². The Morgan fingerprint density at radius 3 is 2.76 bits per heavy atom. The Morgan fingerprint density at radius 1 is 1.48 bits per heavy atom. The summed E-state index contributed by atoms with van der Waals surface area (Å²) in [5.41, 5.74) is 6.54. The molecule has 1 saturated heterocycles. The minimum atomic E-state index is -0.0885. The van der Waals surface area contributed by atoms with E-state index >= 15 is 0 Å².